The van der Waals surface area contributed by atoms with Gasteiger partial charge in [-0.05, 0) is 31.0 Å². The third kappa shape index (κ3) is 3.00. The lowest BCUT2D eigenvalue weighted by atomic mass is 10.2. The molecule has 1 aromatic rings. The van der Waals surface area contributed by atoms with E-state index in [9.17, 15) is 13.2 Å². The fraction of sp³-hybridized carbons (Fsp3) is 0.357. The van der Waals surface area contributed by atoms with Crippen LogP contribution in [0, 0.1) is 12.3 Å². The van der Waals surface area contributed by atoms with Crippen molar-refractivity contribution in [3.63, 3.8) is 0 Å². The molecule has 2 rings (SSSR count). The Morgan fingerprint density at radius 3 is 2.70 bits per heavy atom. The van der Waals surface area contributed by atoms with Crippen LogP contribution in [0.3, 0.4) is 0 Å². The summed E-state index contributed by atoms with van der Waals surface area (Å²) in [5.41, 5.74) is 0.292. The number of carbonyl (C=O) groups is 1. The van der Waals surface area contributed by atoms with Gasteiger partial charge in [-0.25, -0.2) is 8.42 Å². The van der Waals surface area contributed by atoms with Gasteiger partial charge < -0.3 is 5.32 Å². The number of rotatable bonds is 4. The number of hydrogen-bond donors (Lipinski definition) is 1. The van der Waals surface area contributed by atoms with Crippen molar-refractivity contribution in [2.75, 3.05) is 19.6 Å². The lowest BCUT2D eigenvalue weighted by Gasteiger charge is -2.15. The highest BCUT2D eigenvalue weighted by atomic mass is 32.2. The molecule has 0 bridgehead atoms. The lowest BCUT2D eigenvalue weighted by Crippen LogP contribution is -2.28. The van der Waals surface area contributed by atoms with Crippen molar-refractivity contribution < 1.29 is 13.2 Å². The zero-order valence-corrected chi connectivity index (χ0v) is 11.8. The molecule has 0 radical (unpaired) electrons. The third-order valence-electron chi connectivity index (χ3n) is 3.15. The van der Waals surface area contributed by atoms with Gasteiger partial charge in [-0.1, -0.05) is 12.0 Å². The minimum Gasteiger partial charge on any atom is -0.341 e. The molecule has 0 unspecified atom stereocenters. The summed E-state index contributed by atoms with van der Waals surface area (Å²) in [6, 6.07) is 6.02. The fourth-order valence-corrected chi connectivity index (χ4v) is 3.67. The molecule has 1 aromatic carbocycles. The van der Waals surface area contributed by atoms with Crippen molar-refractivity contribution in [3.8, 4) is 12.3 Å². The molecule has 0 atom stereocenters. The van der Waals surface area contributed by atoms with Crippen LogP contribution in [-0.2, 0) is 10.0 Å². The zero-order chi connectivity index (χ0) is 14.6. The van der Waals surface area contributed by atoms with Crippen LogP contribution in [0.15, 0.2) is 29.2 Å². The molecule has 0 spiro atoms. The van der Waals surface area contributed by atoms with E-state index in [1.165, 1.54) is 16.4 Å². The first kappa shape index (κ1) is 14.6. The molecule has 1 heterocycles. The van der Waals surface area contributed by atoms with Gasteiger partial charge in [0.2, 0.25) is 10.0 Å². The summed E-state index contributed by atoms with van der Waals surface area (Å²) in [6.45, 7) is 1.19. The summed E-state index contributed by atoms with van der Waals surface area (Å²) in [4.78, 5) is 11.9. The van der Waals surface area contributed by atoms with Crippen LogP contribution >= 0.6 is 0 Å². The van der Waals surface area contributed by atoms with Gasteiger partial charge >= 0.3 is 0 Å². The summed E-state index contributed by atoms with van der Waals surface area (Å²) >= 11 is 0. The minimum absolute atomic E-state index is 0.113. The van der Waals surface area contributed by atoms with E-state index in [4.69, 9.17) is 6.42 Å². The van der Waals surface area contributed by atoms with Gasteiger partial charge in [-0.3, -0.25) is 4.79 Å². The van der Waals surface area contributed by atoms with E-state index < -0.39 is 10.0 Å². The molecule has 1 amide bonds. The molecule has 1 N–H and O–H groups in total. The molecule has 0 aromatic heterocycles. The topological polar surface area (TPSA) is 66.5 Å². The SMILES string of the molecule is C#CCNC(=O)c1cccc(S(=O)(=O)N2CCCC2)c1. The Morgan fingerprint density at radius 1 is 1.35 bits per heavy atom. The van der Waals surface area contributed by atoms with E-state index >= 15 is 0 Å². The second-order valence-corrected chi connectivity index (χ2v) is 6.46. The maximum absolute atomic E-state index is 12.4. The van der Waals surface area contributed by atoms with E-state index in [2.05, 4.69) is 11.2 Å². The predicted molar refractivity (Wildman–Crippen MR) is 75.6 cm³/mol. The van der Waals surface area contributed by atoms with E-state index in [1.807, 2.05) is 0 Å². The Bertz CT molecular complexity index is 641. The van der Waals surface area contributed by atoms with Crippen molar-refractivity contribution in [2.45, 2.75) is 17.7 Å². The minimum atomic E-state index is -3.50. The number of benzene rings is 1. The maximum atomic E-state index is 12.4. The van der Waals surface area contributed by atoms with Gasteiger partial charge in [-0.2, -0.15) is 4.31 Å². The average molecular weight is 292 g/mol. The summed E-state index contributed by atoms with van der Waals surface area (Å²) in [6.07, 6.45) is 6.82. The Kier molecular flexibility index (Phi) is 4.42. The highest BCUT2D eigenvalue weighted by molar-refractivity contribution is 7.89. The molecule has 0 aliphatic carbocycles. The van der Waals surface area contributed by atoms with E-state index in [-0.39, 0.29) is 17.3 Å². The number of carbonyl (C=O) groups excluding carboxylic acids is 1. The van der Waals surface area contributed by atoms with Crippen molar-refractivity contribution in [3.05, 3.63) is 29.8 Å². The Balaban J connectivity index is 2.25. The largest absolute Gasteiger partial charge is 0.341 e. The number of nitrogens with zero attached hydrogens (tertiary/aromatic N) is 1. The highest BCUT2D eigenvalue weighted by Gasteiger charge is 2.27. The summed E-state index contributed by atoms with van der Waals surface area (Å²) in [5.74, 6) is 1.93. The average Bonchev–Trinajstić information content (AvgIpc) is 2.99. The molecule has 20 heavy (non-hydrogen) atoms. The van der Waals surface area contributed by atoms with E-state index in [0.29, 0.717) is 18.7 Å². The van der Waals surface area contributed by atoms with Gasteiger partial charge in [0.1, 0.15) is 0 Å². The Hall–Kier alpha value is -1.84. The molecular weight excluding hydrogens is 276 g/mol. The van der Waals surface area contributed by atoms with Crippen molar-refractivity contribution in [1.82, 2.24) is 9.62 Å². The molecule has 5 nitrogen and oxygen atoms in total. The first-order valence-corrected chi connectivity index (χ1v) is 7.81. The second kappa shape index (κ2) is 6.07. The first-order chi connectivity index (χ1) is 9.55. The van der Waals surface area contributed by atoms with Crippen molar-refractivity contribution in [2.24, 2.45) is 0 Å². The number of terminal acetylenes is 1. The van der Waals surface area contributed by atoms with Crippen LogP contribution < -0.4 is 5.32 Å². The highest BCUT2D eigenvalue weighted by Crippen LogP contribution is 2.21. The zero-order valence-electron chi connectivity index (χ0n) is 11.0. The quantitative estimate of drug-likeness (QED) is 0.836. The first-order valence-electron chi connectivity index (χ1n) is 6.37. The standard InChI is InChI=1S/C14H16N2O3S/c1-2-8-15-14(17)12-6-5-7-13(11-12)20(18,19)16-9-3-4-10-16/h1,5-7,11H,3-4,8-10H2,(H,15,17). The summed E-state index contributed by atoms with van der Waals surface area (Å²) in [5, 5.41) is 2.51. The Labute approximate surface area is 119 Å². The normalized spacial score (nSPS) is 15.8. The van der Waals surface area contributed by atoms with E-state index in [0.717, 1.165) is 12.8 Å². The summed E-state index contributed by atoms with van der Waals surface area (Å²) in [7, 11) is -3.50. The van der Waals surface area contributed by atoms with Crippen LogP contribution in [0.5, 0.6) is 0 Å². The fourth-order valence-electron chi connectivity index (χ4n) is 2.11. The number of hydrogen-bond acceptors (Lipinski definition) is 3. The maximum Gasteiger partial charge on any atom is 0.252 e. The van der Waals surface area contributed by atoms with Crippen LogP contribution in [0.25, 0.3) is 0 Å². The van der Waals surface area contributed by atoms with Crippen LogP contribution in [0.4, 0.5) is 0 Å². The number of nitrogens with one attached hydrogen (secondary N) is 1. The molecule has 1 aliphatic rings. The molecule has 1 aliphatic heterocycles. The van der Waals surface area contributed by atoms with Crippen LogP contribution in [0.2, 0.25) is 0 Å². The predicted octanol–water partition coefficient (Wildman–Crippen LogP) is 0.834. The molecular formula is C14H16N2O3S. The molecule has 106 valence electrons. The van der Waals surface area contributed by atoms with Crippen molar-refractivity contribution in [1.29, 1.82) is 0 Å². The van der Waals surface area contributed by atoms with E-state index in [1.54, 1.807) is 12.1 Å². The Morgan fingerprint density at radius 2 is 2.05 bits per heavy atom. The van der Waals surface area contributed by atoms with Crippen LogP contribution in [-0.4, -0.2) is 38.3 Å². The van der Waals surface area contributed by atoms with Gasteiger partial charge in [0, 0.05) is 18.7 Å². The van der Waals surface area contributed by atoms with Gasteiger partial charge in [0.25, 0.3) is 5.91 Å². The van der Waals surface area contributed by atoms with Crippen LogP contribution in [0.1, 0.15) is 23.2 Å². The number of amides is 1. The molecule has 1 saturated heterocycles. The number of sulfonamides is 1. The smallest absolute Gasteiger partial charge is 0.252 e. The van der Waals surface area contributed by atoms with Gasteiger partial charge in [-0.15, -0.1) is 6.42 Å². The van der Waals surface area contributed by atoms with Crippen molar-refractivity contribution >= 4 is 15.9 Å². The van der Waals surface area contributed by atoms with Gasteiger partial charge in [0.05, 0.1) is 11.4 Å². The molecule has 6 heteroatoms. The second-order valence-electron chi connectivity index (χ2n) is 4.53. The lowest BCUT2D eigenvalue weighted by molar-refractivity contribution is 0.0958. The summed E-state index contributed by atoms with van der Waals surface area (Å²) < 4.78 is 26.2. The third-order valence-corrected chi connectivity index (χ3v) is 5.04. The van der Waals surface area contributed by atoms with Gasteiger partial charge in [0.15, 0.2) is 0 Å². The monoisotopic (exact) mass is 292 g/mol. The molecule has 1 fully saturated rings. The molecule has 0 saturated carbocycles.